The van der Waals surface area contributed by atoms with Crippen molar-refractivity contribution in [1.82, 2.24) is 21.3 Å². The summed E-state index contributed by atoms with van der Waals surface area (Å²) >= 11 is 0. The van der Waals surface area contributed by atoms with Crippen LogP contribution in [0.3, 0.4) is 0 Å². The number of esters is 1. The van der Waals surface area contributed by atoms with Gasteiger partial charge in [0.05, 0.1) is 20.3 Å². The Morgan fingerprint density at radius 2 is 1.19 bits per heavy atom. The number of carbonyl (C=O) groups is 5. The standard InChI is InChI=1S/C41H54N4O9/c1-27(2)22-34(39(49)51-7)44-36(46)28(3)42-37(47)33(23-29-18-20-32(21-19-29)53-25-31-16-12-9-13-17-31)43-38(48)35(45-40(50)54-41(4,5)6)26-52-24-30-14-10-8-11-15-30/h8-21,27-28,33-35H,22-26H2,1-7H3,(H,42,47)(H,43,48)(H,44,46)(H,45,50). The van der Waals surface area contributed by atoms with Crippen LogP contribution in [0.5, 0.6) is 5.75 Å². The van der Waals surface area contributed by atoms with Gasteiger partial charge in [0, 0.05) is 6.42 Å². The van der Waals surface area contributed by atoms with Gasteiger partial charge in [0.25, 0.3) is 0 Å². The van der Waals surface area contributed by atoms with E-state index in [2.05, 4.69) is 21.3 Å². The summed E-state index contributed by atoms with van der Waals surface area (Å²) in [4.78, 5) is 66.0. The van der Waals surface area contributed by atoms with Crippen LogP contribution in [0, 0.1) is 5.92 Å². The van der Waals surface area contributed by atoms with Gasteiger partial charge in [0.1, 0.15) is 42.1 Å². The summed E-state index contributed by atoms with van der Waals surface area (Å²) in [5.74, 6) is -1.91. The van der Waals surface area contributed by atoms with E-state index in [9.17, 15) is 24.0 Å². The van der Waals surface area contributed by atoms with E-state index in [1.807, 2.05) is 74.5 Å². The molecule has 3 aromatic carbocycles. The molecular formula is C41H54N4O9. The normalized spacial score (nSPS) is 13.4. The second-order valence-corrected chi connectivity index (χ2v) is 14.3. The number of benzene rings is 3. The molecule has 3 rings (SSSR count). The van der Waals surface area contributed by atoms with E-state index < -0.39 is 59.6 Å². The Kier molecular flexibility index (Phi) is 17.0. The summed E-state index contributed by atoms with van der Waals surface area (Å²) in [5.41, 5.74) is 1.70. The fourth-order valence-corrected chi connectivity index (χ4v) is 5.19. The zero-order valence-electron chi connectivity index (χ0n) is 32.2. The summed E-state index contributed by atoms with van der Waals surface area (Å²) in [5, 5.41) is 10.6. The number of amides is 4. The van der Waals surface area contributed by atoms with Crippen molar-refractivity contribution in [2.45, 2.75) is 97.4 Å². The van der Waals surface area contributed by atoms with Gasteiger partial charge in [-0.3, -0.25) is 14.4 Å². The molecule has 4 N–H and O–H groups in total. The van der Waals surface area contributed by atoms with Crippen molar-refractivity contribution in [2.24, 2.45) is 5.92 Å². The lowest BCUT2D eigenvalue weighted by atomic mass is 10.0. The van der Waals surface area contributed by atoms with E-state index in [-0.39, 0.29) is 25.6 Å². The fraction of sp³-hybridized carbons (Fsp3) is 0.439. The van der Waals surface area contributed by atoms with E-state index in [0.717, 1.165) is 11.1 Å². The van der Waals surface area contributed by atoms with Gasteiger partial charge >= 0.3 is 12.1 Å². The van der Waals surface area contributed by atoms with Crippen LogP contribution in [0.15, 0.2) is 84.9 Å². The Labute approximate surface area is 317 Å². The van der Waals surface area contributed by atoms with Crippen LogP contribution in [-0.4, -0.2) is 73.3 Å². The number of carbonyl (C=O) groups excluding carboxylic acids is 5. The van der Waals surface area contributed by atoms with E-state index >= 15 is 0 Å². The summed E-state index contributed by atoms with van der Waals surface area (Å²) in [6, 6.07) is 21.6. The van der Waals surface area contributed by atoms with Gasteiger partial charge in [-0.1, -0.05) is 86.6 Å². The van der Waals surface area contributed by atoms with Crippen molar-refractivity contribution in [3.05, 3.63) is 102 Å². The van der Waals surface area contributed by atoms with E-state index in [1.54, 1.807) is 45.0 Å². The molecule has 0 saturated carbocycles. The average Bonchev–Trinajstić information content (AvgIpc) is 3.13. The van der Waals surface area contributed by atoms with Crippen LogP contribution < -0.4 is 26.0 Å². The number of alkyl carbamates (subject to hydrolysis) is 1. The van der Waals surface area contributed by atoms with Crippen LogP contribution in [0.4, 0.5) is 4.79 Å². The third-order valence-electron chi connectivity index (χ3n) is 7.91. The van der Waals surface area contributed by atoms with Crippen molar-refractivity contribution < 1.29 is 42.9 Å². The Hall–Kier alpha value is -5.43. The molecule has 13 nitrogen and oxygen atoms in total. The maximum absolute atomic E-state index is 13.8. The molecular weight excluding hydrogens is 692 g/mol. The summed E-state index contributed by atoms with van der Waals surface area (Å²) in [6.07, 6.45) is -0.487. The van der Waals surface area contributed by atoms with E-state index in [1.165, 1.54) is 14.0 Å². The second kappa shape index (κ2) is 21.3. The third-order valence-corrected chi connectivity index (χ3v) is 7.91. The maximum Gasteiger partial charge on any atom is 0.408 e. The van der Waals surface area contributed by atoms with Crippen LogP contribution in [0.25, 0.3) is 0 Å². The first-order valence-corrected chi connectivity index (χ1v) is 18.0. The first-order valence-electron chi connectivity index (χ1n) is 18.0. The minimum absolute atomic E-state index is 0.0209. The average molecular weight is 747 g/mol. The molecule has 54 heavy (non-hydrogen) atoms. The molecule has 0 aliphatic carbocycles. The van der Waals surface area contributed by atoms with Crippen molar-refractivity contribution in [1.29, 1.82) is 0 Å². The van der Waals surface area contributed by atoms with Crippen LogP contribution >= 0.6 is 0 Å². The lowest BCUT2D eigenvalue weighted by molar-refractivity contribution is -0.145. The van der Waals surface area contributed by atoms with Gasteiger partial charge in [-0.2, -0.15) is 0 Å². The molecule has 4 atom stereocenters. The van der Waals surface area contributed by atoms with E-state index in [4.69, 9.17) is 18.9 Å². The maximum atomic E-state index is 13.8. The Bertz CT molecular complexity index is 1640. The molecule has 0 spiro atoms. The first-order chi connectivity index (χ1) is 25.6. The van der Waals surface area contributed by atoms with Crippen molar-refractivity contribution in [2.75, 3.05) is 13.7 Å². The number of nitrogens with one attached hydrogen (secondary N) is 4. The zero-order chi connectivity index (χ0) is 39.7. The zero-order valence-corrected chi connectivity index (χ0v) is 32.2. The largest absolute Gasteiger partial charge is 0.489 e. The molecule has 0 aliphatic heterocycles. The fourth-order valence-electron chi connectivity index (χ4n) is 5.19. The topological polar surface area (TPSA) is 170 Å². The summed E-state index contributed by atoms with van der Waals surface area (Å²) in [6.45, 7) is 10.7. The Balaban J connectivity index is 1.81. The smallest absolute Gasteiger partial charge is 0.408 e. The SMILES string of the molecule is COC(=O)C(CC(C)C)NC(=O)C(C)NC(=O)C(Cc1ccc(OCc2ccccc2)cc1)NC(=O)C(COCc1ccccc1)NC(=O)OC(C)(C)C. The molecule has 0 fully saturated rings. The van der Waals surface area contributed by atoms with Crippen molar-refractivity contribution >= 4 is 29.8 Å². The van der Waals surface area contributed by atoms with E-state index in [0.29, 0.717) is 24.3 Å². The number of ether oxygens (including phenoxy) is 4. The van der Waals surface area contributed by atoms with Gasteiger partial charge in [-0.15, -0.1) is 0 Å². The van der Waals surface area contributed by atoms with Crippen LogP contribution in [-0.2, 0) is 53.0 Å². The van der Waals surface area contributed by atoms with Gasteiger partial charge in [0.2, 0.25) is 17.7 Å². The lowest BCUT2D eigenvalue weighted by Crippen LogP contribution is -2.58. The number of hydrogen-bond donors (Lipinski definition) is 4. The third kappa shape index (κ3) is 15.7. The highest BCUT2D eigenvalue weighted by Gasteiger charge is 2.31. The molecule has 0 saturated heterocycles. The Morgan fingerprint density at radius 3 is 1.74 bits per heavy atom. The van der Waals surface area contributed by atoms with Crippen LogP contribution in [0.1, 0.15) is 64.7 Å². The Morgan fingerprint density at radius 1 is 0.630 bits per heavy atom. The first kappa shape index (κ1) is 43.0. The molecule has 0 aliphatic rings. The lowest BCUT2D eigenvalue weighted by Gasteiger charge is -2.26. The van der Waals surface area contributed by atoms with Crippen molar-refractivity contribution in [3.63, 3.8) is 0 Å². The highest BCUT2D eigenvalue weighted by atomic mass is 16.6. The molecule has 3 aromatic rings. The summed E-state index contributed by atoms with van der Waals surface area (Å²) in [7, 11) is 1.24. The highest BCUT2D eigenvalue weighted by molar-refractivity contribution is 5.94. The molecule has 0 bridgehead atoms. The quantitative estimate of drug-likeness (QED) is 0.128. The predicted molar refractivity (Wildman–Crippen MR) is 203 cm³/mol. The molecule has 4 unspecified atom stereocenters. The number of hydrogen-bond acceptors (Lipinski definition) is 9. The summed E-state index contributed by atoms with van der Waals surface area (Å²) < 4.78 is 22.0. The molecule has 4 amide bonds. The highest BCUT2D eigenvalue weighted by Crippen LogP contribution is 2.16. The number of rotatable bonds is 19. The minimum atomic E-state index is -1.25. The molecule has 13 heteroatoms. The minimum Gasteiger partial charge on any atom is -0.489 e. The monoisotopic (exact) mass is 746 g/mol. The van der Waals surface area contributed by atoms with Gasteiger partial charge in [-0.25, -0.2) is 9.59 Å². The predicted octanol–water partition coefficient (Wildman–Crippen LogP) is 4.61. The van der Waals surface area contributed by atoms with Gasteiger partial charge < -0.3 is 40.2 Å². The van der Waals surface area contributed by atoms with Gasteiger partial charge in [-0.05, 0) is 68.9 Å². The second-order valence-electron chi connectivity index (χ2n) is 14.3. The van der Waals surface area contributed by atoms with Crippen molar-refractivity contribution in [3.8, 4) is 5.75 Å². The molecule has 0 radical (unpaired) electrons. The van der Waals surface area contributed by atoms with Crippen LogP contribution in [0.2, 0.25) is 0 Å². The molecule has 292 valence electrons. The number of methoxy groups -OCH3 is 1. The molecule has 0 heterocycles. The van der Waals surface area contributed by atoms with Gasteiger partial charge in [0.15, 0.2) is 0 Å². The molecule has 0 aromatic heterocycles.